The van der Waals surface area contributed by atoms with Gasteiger partial charge in [-0.3, -0.25) is 0 Å². The number of benzene rings is 1. The van der Waals surface area contributed by atoms with Gasteiger partial charge in [-0.15, -0.1) is 0 Å². The largest absolute Gasteiger partial charge is 0.492 e. The lowest BCUT2D eigenvalue weighted by Crippen LogP contribution is -2.21. The molecule has 0 heterocycles. The first-order valence-corrected chi connectivity index (χ1v) is 6.04. The highest BCUT2D eigenvalue weighted by atomic mass is 16.5. The number of hydrogen-bond donors (Lipinski definition) is 2. The minimum atomic E-state index is 0.257. The summed E-state index contributed by atoms with van der Waals surface area (Å²) >= 11 is 0. The van der Waals surface area contributed by atoms with Crippen LogP contribution in [0.4, 0.5) is 11.4 Å². The van der Waals surface area contributed by atoms with Gasteiger partial charge >= 0.3 is 0 Å². The van der Waals surface area contributed by atoms with E-state index in [0.29, 0.717) is 18.9 Å². The fraction of sp³-hybridized carbons (Fsp3) is 0.538. The highest BCUT2D eigenvalue weighted by Gasteiger charge is 2.05. The molecule has 17 heavy (non-hydrogen) atoms. The Morgan fingerprint density at radius 3 is 2.71 bits per heavy atom. The summed E-state index contributed by atoms with van der Waals surface area (Å²) < 4.78 is 10.8. The summed E-state index contributed by atoms with van der Waals surface area (Å²) in [5, 5.41) is 3.34. The average Bonchev–Trinajstić information content (AvgIpc) is 2.31. The molecule has 4 heteroatoms. The summed E-state index contributed by atoms with van der Waals surface area (Å²) in [6, 6.07) is 5.97. The van der Waals surface area contributed by atoms with Crippen LogP contribution in [0, 0.1) is 0 Å². The van der Waals surface area contributed by atoms with E-state index < -0.39 is 0 Å². The number of rotatable bonds is 7. The molecule has 96 valence electrons. The maximum absolute atomic E-state index is 5.81. The second kappa shape index (κ2) is 7.01. The minimum Gasteiger partial charge on any atom is -0.492 e. The van der Waals surface area contributed by atoms with Crippen LogP contribution in [0.1, 0.15) is 20.8 Å². The molecule has 1 aromatic carbocycles. The van der Waals surface area contributed by atoms with Crippen LogP contribution in [-0.2, 0) is 4.74 Å². The lowest BCUT2D eigenvalue weighted by molar-refractivity contribution is 0.141. The normalized spacial score (nSPS) is 12.2. The number of ether oxygens (including phenoxy) is 2. The Balaban J connectivity index is 2.61. The third kappa shape index (κ3) is 4.53. The average molecular weight is 238 g/mol. The highest BCUT2D eigenvalue weighted by Crippen LogP contribution is 2.25. The molecule has 0 saturated carbocycles. The van der Waals surface area contributed by atoms with Crippen molar-refractivity contribution in [3.63, 3.8) is 0 Å². The van der Waals surface area contributed by atoms with Gasteiger partial charge in [0, 0.05) is 24.4 Å². The van der Waals surface area contributed by atoms with Crippen molar-refractivity contribution in [2.45, 2.75) is 26.8 Å². The first-order valence-electron chi connectivity index (χ1n) is 6.04. The minimum absolute atomic E-state index is 0.257. The maximum atomic E-state index is 5.81. The fourth-order valence-corrected chi connectivity index (χ4v) is 1.53. The van der Waals surface area contributed by atoms with E-state index in [0.717, 1.165) is 18.0 Å². The second-order valence-corrected chi connectivity index (χ2v) is 3.89. The van der Waals surface area contributed by atoms with Crippen LogP contribution in [0.2, 0.25) is 0 Å². The van der Waals surface area contributed by atoms with Crippen molar-refractivity contribution in [2.24, 2.45) is 0 Å². The van der Waals surface area contributed by atoms with Gasteiger partial charge in [-0.25, -0.2) is 0 Å². The van der Waals surface area contributed by atoms with Crippen molar-refractivity contribution in [3.8, 4) is 5.75 Å². The van der Waals surface area contributed by atoms with Crippen LogP contribution >= 0.6 is 0 Å². The molecule has 0 bridgehead atoms. The van der Waals surface area contributed by atoms with Crippen molar-refractivity contribution in [2.75, 3.05) is 30.9 Å². The third-order valence-electron chi connectivity index (χ3n) is 2.30. The Morgan fingerprint density at radius 2 is 2.06 bits per heavy atom. The summed E-state index contributed by atoms with van der Waals surface area (Å²) in [4.78, 5) is 0. The van der Waals surface area contributed by atoms with Crippen molar-refractivity contribution in [3.05, 3.63) is 18.2 Å². The van der Waals surface area contributed by atoms with E-state index in [2.05, 4.69) is 12.2 Å². The molecular formula is C13H22N2O2. The SMILES string of the molecule is CCOCC(C)Nc1ccc(N)c(OCC)c1. The predicted molar refractivity (Wildman–Crippen MR) is 71.6 cm³/mol. The van der Waals surface area contributed by atoms with Crippen molar-refractivity contribution >= 4 is 11.4 Å². The first-order chi connectivity index (χ1) is 8.17. The van der Waals surface area contributed by atoms with E-state index in [-0.39, 0.29) is 6.04 Å². The third-order valence-corrected chi connectivity index (χ3v) is 2.30. The fourth-order valence-electron chi connectivity index (χ4n) is 1.53. The Labute approximate surface area is 103 Å². The maximum Gasteiger partial charge on any atom is 0.144 e. The number of hydrogen-bond acceptors (Lipinski definition) is 4. The zero-order valence-corrected chi connectivity index (χ0v) is 10.8. The summed E-state index contributed by atoms with van der Waals surface area (Å²) in [5.41, 5.74) is 7.47. The summed E-state index contributed by atoms with van der Waals surface area (Å²) in [5.74, 6) is 0.723. The molecule has 0 aliphatic rings. The molecule has 0 amide bonds. The molecule has 0 radical (unpaired) electrons. The molecule has 4 nitrogen and oxygen atoms in total. The molecule has 1 atom stereocenters. The second-order valence-electron chi connectivity index (χ2n) is 3.89. The molecule has 0 aromatic heterocycles. The molecule has 0 aliphatic carbocycles. The van der Waals surface area contributed by atoms with Gasteiger partial charge in [0.25, 0.3) is 0 Å². The quantitative estimate of drug-likeness (QED) is 0.717. The van der Waals surface area contributed by atoms with E-state index in [1.807, 2.05) is 32.0 Å². The molecule has 1 aromatic rings. The van der Waals surface area contributed by atoms with E-state index in [9.17, 15) is 0 Å². The van der Waals surface area contributed by atoms with E-state index in [4.69, 9.17) is 15.2 Å². The number of nitrogens with two attached hydrogens (primary N) is 1. The van der Waals surface area contributed by atoms with Gasteiger partial charge in [0.05, 0.1) is 18.9 Å². The van der Waals surface area contributed by atoms with Crippen molar-refractivity contribution in [1.29, 1.82) is 0 Å². The zero-order chi connectivity index (χ0) is 12.7. The predicted octanol–water partition coefficient (Wildman–Crippen LogP) is 2.50. The summed E-state index contributed by atoms with van der Waals surface area (Å²) in [7, 11) is 0. The van der Waals surface area contributed by atoms with Crippen LogP contribution in [-0.4, -0.2) is 25.9 Å². The molecule has 0 aliphatic heterocycles. The topological polar surface area (TPSA) is 56.5 Å². The van der Waals surface area contributed by atoms with Crippen LogP contribution in [0.25, 0.3) is 0 Å². The van der Waals surface area contributed by atoms with Crippen LogP contribution in [0.5, 0.6) is 5.75 Å². The Morgan fingerprint density at radius 1 is 1.29 bits per heavy atom. The monoisotopic (exact) mass is 238 g/mol. The Kier molecular flexibility index (Phi) is 5.63. The lowest BCUT2D eigenvalue weighted by atomic mass is 10.2. The van der Waals surface area contributed by atoms with E-state index in [1.54, 1.807) is 0 Å². The Hall–Kier alpha value is -1.42. The standard InChI is InChI=1S/C13H22N2O2/c1-4-16-9-10(3)15-11-6-7-12(14)13(8-11)17-5-2/h6-8,10,15H,4-5,9,14H2,1-3H3. The molecule has 1 rings (SSSR count). The zero-order valence-electron chi connectivity index (χ0n) is 10.8. The molecule has 3 N–H and O–H groups in total. The van der Waals surface area contributed by atoms with Crippen LogP contribution < -0.4 is 15.8 Å². The van der Waals surface area contributed by atoms with Gasteiger partial charge in [0.2, 0.25) is 0 Å². The van der Waals surface area contributed by atoms with E-state index >= 15 is 0 Å². The van der Waals surface area contributed by atoms with Gasteiger partial charge in [0.1, 0.15) is 5.75 Å². The molecule has 0 spiro atoms. The molecule has 1 unspecified atom stereocenters. The van der Waals surface area contributed by atoms with Crippen LogP contribution in [0.3, 0.4) is 0 Å². The summed E-state index contributed by atoms with van der Waals surface area (Å²) in [6.45, 7) is 8.04. The summed E-state index contributed by atoms with van der Waals surface area (Å²) in [6.07, 6.45) is 0. The number of nitrogen functional groups attached to an aromatic ring is 1. The van der Waals surface area contributed by atoms with Gasteiger partial charge < -0.3 is 20.5 Å². The van der Waals surface area contributed by atoms with Gasteiger partial charge in [-0.05, 0) is 32.9 Å². The van der Waals surface area contributed by atoms with Crippen LogP contribution in [0.15, 0.2) is 18.2 Å². The van der Waals surface area contributed by atoms with Gasteiger partial charge in [0.15, 0.2) is 0 Å². The molecule has 0 fully saturated rings. The lowest BCUT2D eigenvalue weighted by Gasteiger charge is -2.16. The molecular weight excluding hydrogens is 216 g/mol. The highest BCUT2D eigenvalue weighted by molar-refractivity contribution is 5.61. The van der Waals surface area contributed by atoms with E-state index in [1.165, 1.54) is 0 Å². The van der Waals surface area contributed by atoms with Gasteiger partial charge in [-0.1, -0.05) is 0 Å². The first kappa shape index (κ1) is 13.6. The van der Waals surface area contributed by atoms with Crippen molar-refractivity contribution < 1.29 is 9.47 Å². The number of nitrogens with one attached hydrogen (secondary N) is 1. The van der Waals surface area contributed by atoms with Gasteiger partial charge in [-0.2, -0.15) is 0 Å². The van der Waals surface area contributed by atoms with Crippen molar-refractivity contribution in [1.82, 2.24) is 0 Å². The molecule has 0 saturated heterocycles. The Bertz CT molecular complexity index is 342. The smallest absolute Gasteiger partial charge is 0.144 e. The number of anilines is 2.